The number of carboxylic acids is 1. The molecule has 0 radical (unpaired) electrons. The molecule has 0 heterocycles. The zero-order valence-corrected chi connectivity index (χ0v) is 11.0. The number of aliphatic carboxylic acids is 1. The van der Waals surface area contributed by atoms with E-state index in [1.165, 1.54) is 18.2 Å². The van der Waals surface area contributed by atoms with Crippen LogP contribution in [0.2, 0.25) is 0 Å². The fourth-order valence-electron chi connectivity index (χ4n) is 1.65. The van der Waals surface area contributed by atoms with E-state index in [0.29, 0.717) is 18.0 Å². The fraction of sp³-hybridized carbons (Fsp3) is 0.429. The van der Waals surface area contributed by atoms with Gasteiger partial charge < -0.3 is 10.4 Å². The molecule has 104 valence electrons. The van der Waals surface area contributed by atoms with Gasteiger partial charge in [0.05, 0.1) is 5.92 Å². The van der Waals surface area contributed by atoms with Crippen LogP contribution in [-0.2, 0) is 9.59 Å². The van der Waals surface area contributed by atoms with E-state index in [1.54, 1.807) is 0 Å². The predicted octanol–water partition coefficient (Wildman–Crippen LogP) is 2.16. The molecule has 0 saturated carbocycles. The van der Waals surface area contributed by atoms with Crippen LogP contribution in [0.1, 0.15) is 31.7 Å². The Morgan fingerprint density at radius 2 is 2.05 bits per heavy atom. The molecular weight excluding hydrogens is 249 g/mol. The van der Waals surface area contributed by atoms with Crippen molar-refractivity contribution < 1.29 is 19.1 Å². The lowest BCUT2D eigenvalue weighted by Gasteiger charge is -2.13. The Labute approximate surface area is 111 Å². The van der Waals surface area contributed by atoms with Gasteiger partial charge in [0.1, 0.15) is 5.82 Å². The molecule has 1 aromatic carbocycles. The predicted molar refractivity (Wildman–Crippen MR) is 69.2 cm³/mol. The average Bonchev–Trinajstić information content (AvgIpc) is 2.33. The van der Waals surface area contributed by atoms with Crippen LogP contribution in [-0.4, -0.2) is 23.5 Å². The smallest absolute Gasteiger partial charge is 0.311 e. The van der Waals surface area contributed by atoms with E-state index in [9.17, 15) is 14.0 Å². The van der Waals surface area contributed by atoms with Gasteiger partial charge in [-0.25, -0.2) is 4.39 Å². The summed E-state index contributed by atoms with van der Waals surface area (Å²) in [7, 11) is 0. The summed E-state index contributed by atoms with van der Waals surface area (Å²) < 4.78 is 13.1. The number of hydrogen-bond donors (Lipinski definition) is 2. The minimum Gasteiger partial charge on any atom is -0.481 e. The summed E-state index contributed by atoms with van der Waals surface area (Å²) in [5, 5.41) is 11.8. The maximum absolute atomic E-state index is 13.1. The first-order valence-corrected chi connectivity index (χ1v) is 6.15. The second-order valence-electron chi connectivity index (χ2n) is 4.85. The minimum atomic E-state index is -1.13. The Bertz CT molecular complexity index is 460. The van der Waals surface area contributed by atoms with Gasteiger partial charge in [0.25, 0.3) is 0 Å². The Balaban J connectivity index is 2.74. The number of amides is 1. The van der Waals surface area contributed by atoms with Crippen LogP contribution in [0.15, 0.2) is 24.3 Å². The van der Waals surface area contributed by atoms with Crippen molar-refractivity contribution in [2.24, 2.45) is 5.92 Å². The number of rotatable bonds is 6. The first-order valence-electron chi connectivity index (χ1n) is 6.15. The minimum absolute atomic E-state index is 0.189. The fourth-order valence-corrected chi connectivity index (χ4v) is 1.65. The lowest BCUT2D eigenvalue weighted by Crippen LogP contribution is -2.30. The van der Waals surface area contributed by atoms with Crippen molar-refractivity contribution in [1.29, 1.82) is 0 Å². The highest BCUT2D eigenvalue weighted by Gasteiger charge is 2.23. The highest BCUT2D eigenvalue weighted by atomic mass is 19.1. The van der Waals surface area contributed by atoms with Crippen LogP contribution >= 0.6 is 0 Å². The Kier molecular flexibility index (Phi) is 5.48. The van der Waals surface area contributed by atoms with Gasteiger partial charge in [-0.1, -0.05) is 26.0 Å². The molecule has 0 aromatic heterocycles. The molecule has 0 spiro atoms. The number of hydrogen-bond acceptors (Lipinski definition) is 2. The Hall–Kier alpha value is -1.91. The van der Waals surface area contributed by atoms with Crippen molar-refractivity contribution in [3.63, 3.8) is 0 Å². The lowest BCUT2D eigenvalue weighted by atomic mass is 9.95. The molecule has 5 heteroatoms. The highest BCUT2D eigenvalue weighted by Crippen LogP contribution is 2.20. The van der Waals surface area contributed by atoms with Crippen LogP contribution in [0.5, 0.6) is 0 Å². The van der Waals surface area contributed by atoms with Gasteiger partial charge in [0.2, 0.25) is 5.91 Å². The van der Waals surface area contributed by atoms with Crippen LogP contribution in [0.3, 0.4) is 0 Å². The molecule has 0 aliphatic heterocycles. The number of carbonyl (C=O) groups excluding carboxylic acids is 1. The van der Waals surface area contributed by atoms with Crippen molar-refractivity contribution in [2.75, 3.05) is 6.54 Å². The summed E-state index contributed by atoms with van der Waals surface area (Å²) in [6, 6.07) is 5.33. The normalized spacial score (nSPS) is 12.2. The van der Waals surface area contributed by atoms with E-state index in [0.717, 1.165) is 6.07 Å². The molecule has 0 saturated heterocycles. The third-order valence-electron chi connectivity index (χ3n) is 2.65. The molecule has 1 rings (SSSR count). The largest absolute Gasteiger partial charge is 0.481 e. The van der Waals surface area contributed by atoms with Crippen molar-refractivity contribution in [3.05, 3.63) is 35.6 Å². The molecule has 0 aliphatic rings. The second kappa shape index (κ2) is 6.87. The first-order chi connectivity index (χ1) is 8.90. The number of carbonyl (C=O) groups is 2. The first kappa shape index (κ1) is 15.1. The van der Waals surface area contributed by atoms with E-state index >= 15 is 0 Å². The van der Waals surface area contributed by atoms with E-state index < -0.39 is 17.7 Å². The molecule has 1 aromatic rings. The Morgan fingerprint density at radius 1 is 1.37 bits per heavy atom. The van der Waals surface area contributed by atoms with E-state index in [2.05, 4.69) is 5.32 Å². The summed E-state index contributed by atoms with van der Waals surface area (Å²) in [6.45, 7) is 4.39. The second-order valence-corrected chi connectivity index (χ2v) is 4.85. The summed E-state index contributed by atoms with van der Waals surface area (Å²) >= 11 is 0. The molecule has 0 aliphatic carbocycles. The molecule has 1 unspecified atom stereocenters. The summed E-state index contributed by atoms with van der Waals surface area (Å²) in [6.07, 6.45) is -0.189. The summed E-state index contributed by atoms with van der Waals surface area (Å²) in [5.41, 5.74) is 0.298. The van der Waals surface area contributed by atoms with Gasteiger partial charge in [0.15, 0.2) is 0 Å². The average molecular weight is 267 g/mol. The Morgan fingerprint density at radius 3 is 2.58 bits per heavy atom. The van der Waals surface area contributed by atoms with Crippen molar-refractivity contribution in [2.45, 2.75) is 26.2 Å². The number of nitrogens with one attached hydrogen (secondary N) is 1. The van der Waals surface area contributed by atoms with Gasteiger partial charge in [0, 0.05) is 13.0 Å². The molecule has 1 amide bonds. The zero-order valence-electron chi connectivity index (χ0n) is 11.0. The SMILES string of the molecule is CC(C)CNC(=O)CC(C(=O)O)c1cccc(F)c1. The van der Waals surface area contributed by atoms with Crippen molar-refractivity contribution in [3.8, 4) is 0 Å². The van der Waals surface area contributed by atoms with E-state index in [1.807, 2.05) is 13.8 Å². The third-order valence-corrected chi connectivity index (χ3v) is 2.65. The number of benzene rings is 1. The van der Waals surface area contributed by atoms with E-state index in [4.69, 9.17) is 5.11 Å². The number of carboxylic acid groups (broad SMARTS) is 1. The quantitative estimate of drug-likeness (QED) is 0.830. The monoisotopic (exact) mass is 267 g/mol. The molecule has 0 bridgehead atoms. The molecule has 1 atom stereocenters. The topological polar surface area (TPSA) is 66.4 Å². The third kappa shape index (κ3) is 5.07. The van der Waals surface area contributed by atoms with Crippen molar-refractivity contribution in [1.82, 2.24) is 5.32 Å². The van der Waals surface area contributed by atoms with Gasteiger partial charge in [-0.2, -0.15) is 0 Å². The van der Waals surface area contributed by atoms with E-state index in [-0.39, 0.29) is 12.3 Å². The molecule has 2 N–H and O–H groups in total. The standard InChI is InChI=1S/C14H18FNO3/c1-9(2)8-16-13(17)7-12(14(18)19)10-4-3-5-11(15)6-10/h3-6,9,12H,7-8H2,1-2H3,(H,16,17)(H,18,19). The highest BCUT2D eigenvalue weighted by molar-refractivity contribution is 5.85. The van der Waals surface area contributed by atoms with Crippen LogP contribution < -0.4 is 5.32 Å². The zero-order chi connectivity index (χ0) is 14.4. The lowest BCUT2D eigenvalue weighted by molar-refractivity contribution is -0.140. The summed E-state index contributed by atoms with van der Waals surface area (Å²) in [5.74, 6) is -2.72. The molecular formula is C14H18FNO3. The summed E-state index contributed by atoms with van der Waals surface area (Å²) in [4.78, 5) is 22.8. The van der Waals surface area contributed by atoms with Crippen LogP contribution in [0.4, 0.5) is 4.39 Å². The maximum atomic E-state index is 13.1. The van der Waals surface area contributed by atoms with Crippen LogP contribution in [0.25, 0.3) is 0 Å². The van der Waals surface area contributed by atoms with Gasteiger partial charge in [-0.15, -0.1) is 0 Å². The van der Waals surface area contributed by atoms with Crippen molar-refractivity contribution >= 4 is 11.9 Å². The molecule has 19 heavy (non-hydrogen) atoms. The van der Waals surface area contributed by atoms with Gasteiger partial charge in [-0.3, -0.25) is 9.59 Å². The molecule has 0 fully saturated rings. The van der Waals surface area contributed by atoms with Gasteiger partial charge in [-0.05, 0) is 23.6 Å². The molecule has 4 nitrogen and oxygen atoms in total. The maximum Gasteiger partial charge on any atom is 0.311 e. The number of halogens is 1. The van der Waals surface area contributed by atoms with Crippen LogP contribution in [0, 0.1) is 11.7 Å². The van der Waals surface area contributed by atoms with Gasteiger partial charge >= 0.3 is 5.97 Å².